The highest BCUT2D eigenvalue weighted by atomic mass is 19.1. The molecule has 0 saturated carbocycles. The van der Waals surface area contributed by atoms with Crippen LogP contribution < -0.4 is 0 Å². The molecule has 3 rings (SSSR count). The zero-order chi connectivity index (χ0) is 14.2. The maximum atomic E-state index is 14.0. The molecule has 1 heterocycles. The van der Waals surface area contributed by atoms with Crippen LogP contribution >= 0.6 is 0 Å². The van der Waals surface area contributed by atoms with Crippen LogP contribution in [0.15, 0.2) is 64.8 Å². The predicted molar refractivity (Wildman–Crippen MR) is 79.7 cm³/mol. The summed E-state index contributed by atoms with van der Waals surface area (Å²) in [6.07, 6.45) is 0. The Kier molecular flexibility index (Phi) is 2.97. The van der Waals surface area contributed by atoms with Crippen molar-refractivity contribution in [1.29, 1.82) is 0 Å². The minimum Gasteiger partial charge on any atom is -0.206 e. The molecule has 0 fully saturated rings. The van der Waals surface area contributed by atoms with E-state index in [-0.39, 0.29) is 5.82 Å². The van der Waals surface area contributed by atoms with E-state index in [1.54, 1.807) is 12.1 Å². The third-order valence-electron chi connectivity index (χ3n) is 3.61. The molecular formula is C17H15FN2. The smallest absolute Gasteiger partial charge is 0.132 e. The molecule has 20 heavy (non-hydrogen) atoms. The number of nitrogens with zero attached hydrogens (tertiary/aromatic N) is 2. The van der Waals surface area contributed by atoms with Gasteiger partial charge in [-0.2, -0.15) is 10.2 Å². The van der Waals surface area contributed by atoms with E-state index in [2.05, 4.69) is 10.2 Å². The van der Waals surface area contributed by atoms with Gasteiger partial charge in [-0.15, -0.1) is 0 Å². The van der Waals surface area contributed by atoms with Crippen LogP contribution in [0.2, 0.25) is 0 Å². The summed E-state index contributed by atoms with van der Waals surface area (Å²) in [5.74, 6) is -0.260. The first kappa shape index (κ1) is 12.7. The highest BCUT2D eigenvalue weighted by Crippen LogP contribution is 2.33. The summed E-state index contributed by atoms with van der Waals surface area (Å²) in [6.45, 7) is 4.05. The molecule has 100 valence electrons. The number of hydrogen-bond acceptors (Lipinski definition) is 2. The molecule has 0 unspecified atom stereocenters. The van der Waals surface area contributed by atoms with Crippen LogP contribution in [-0.2, 0) is 0 Å². The van der Waals surface area contributed by atoms with E-state index in [0.29, 0.717) is 11.3 Å². The van der Waals surface area contributed by atoms with Crippen molar-refractivity contribution in [1.82, 2.24) is 0 Å². The molecule has 2 nitrogen and oxygen atoms in total. The Morgan fingerprint density at radius 2 is 1.40 bits per heavy atom. The average molecular weight is 266 g/mol. The first-order valence-corrected chi connectivity index (χ1v) is 6.57. The fourth-order valence-corrected chi connectivity index (χ4v) is 2.52. The lowest BCUT2D eigenvalue weighted by Crippen LogP contribution is -2.31. The Labute approximate surface area is 117 Å². The topological polar surface area (TPSA) is 24.7 Å². The van der Waals surface area contributed by atoms with Crippen molar-refractivity contribution in [2.24, 2.45) is 15.6 Å². The highest BCUT2D eigenvalue weighted by Gasteiger charge is 2.38. The van der Waals surface area contributed by atoms with Gasteiger partial charge in [0, 0.05) is 5.56 Å². The molecule has 3 heteroatoms. The van der Waals surface area contributed by atoms with Gasteiger partial charge >= 0.3 is 0 Å². The van der Waals surface area contributed by atoms with Gasteiger partial charge in [0.2, 0.25) is 0 Å². The Balaban J connectivity index is 2.02. The quantitative estimate of drug-likeness (QED) is 0.783. The largest absolute Gasteiger partial charge is 0.206 e. The second kappa shape index (κ2) is 4.67. The fraction of sp³-hybridized carbons (Fsp3) is 0.176. The van der Waals surface area contributed by atoms with Crippen LogP contribution in [0.5, 0.6) is 0 Å². The van der Waals surface area contributed by atoms with Crippen LogP contribution in [0, 0.1) is 11.2 Å². The van der Waals surface area contributed by atoms with Crippen LogP contribution in [-0.4, -0.2) is 11.4 Å². The normalized spacial score (nSPS) is 16.8. The third-order valence-corrected chi connectivity index (χ3v) is 3.61. The lowest BCUT2D eigenvalue weighted by atomic mass is 9.77. The molecule has 0 amide bonds. The first-order valence-electron chi connectivity index (χ1n) is 6.57. The molecule has 0 aromatic heterocycles. The summed E-state index contributed by atoms with van der Waals surface area (Å²) < 4.78 is 14.0. The van der Waals surface area contributed by atoms with Gasteiger partial charge in [-0.1, -0.05) is 48.5 Å². The molecule has 1 aliphatic heterocycles. The van der Waals surface area contributed by atoms with Crippen molar-refractivity contribution in [2.75, 3.05) is 0 Å². The Hall–Kier alpha value is -2.29. The molecule has 0 spiro atoms. The second-order valence-electron chi connectivity index (χ2n) is 5.37. The fourth-order valence-electron chi connectivity index (χ4n) is 2.52. The molecule has 0 atom stereocenters. The van der Waals surface area contributed by atoms with Crippen LogP contribution in [0.1, 0.15) is 25.0 Å². The zero-order valence-corrected chi connectivity index (χ0v) is 11.5. The molecule has 0 saturated heterocycles. The maximum absolute atomic E-state index is 14.0. The van der Waals surface area contributed by atoms with Gasteiger partial charge in [0.25, 0.3) is 0 Å². The molecule has 0 radical (unpaired) electrons. The summed E-state index contributed by atoms with van der Waals surface area (Å²) in [5, 5.41) is 8.54. The van der Waals surface area contributed by atoms with E-state index in [4.69, 9.17) is 0 Å². The van der Waals surface area contributed by atoms with Crippen molar-refractivity contribution in [3.05, 3.63) is 71.5 Å². The van der Waals surface area contributed by atoms with E-state index in [1.165, 1.54) is 6.07 Å². The van der Waals surface area contributed by atoms with Crippen LogP contribution in [0.3, 0.4) is 0 Å². The van der Waals surface area contributed by atoms with Gasteiger partial charge in [-0.3, -0.25) is 0 Å². The number of halogens is 1. The molecule has 2 aromatic carbocycles. The van der Waals surface area contributed by atoms with Gasteiger partial charge < -0.3 is 0 Å². The summed E-state index contributed by atoms with van der Waals surface area (Å²) in [5.41, 5.74) is 2.68. The summed E-state index contributed by atoms with van der Waals surface area (Å²) >= 11 is 0. The maximum Gasteiger partial charge on any atom is 0.132 e. The zero-order valence-electron chi connectivity index (χ0n) is 11.5. The van der Waals surface area contributed by atoms with E-state index >= 15 is 0 Å². The molecule has 0 bridgehead atoms. The van der Waals surface area contributed by atoms with Gasteiger partial charge in [-0.05, 0) is 25.5 Å². The van der Waals surface area contributed by atoms with E-state index < -0.39 is 5.41 Å². The summed E-state index contributed by atoms with van der Waals surface area (Å²) in [7, 11) is 0. The SMILES string of the molecule is CC1(C)C(c2ccccc2)=NN=C1c1ccccc1F. The van der Waals surface area contributed by atoms with E-state index in [0.717, 1.165) is 11.3 Å². The lowest BCUT2D eigenvalue weighted by Gasteiger charge is -2.23. The number of rotatable bonds is 2. The van der Waals surface area contributed by atoms with Crippen molar-refractivity contribution in [2.45, 2.75) is 13.8 Å². The van der Waals surface area contributed by atoms with Crippen LogP contribution in [0.25, 0.3) is 0 Å². The van der Waals surface area contributed by atoms with Crippen molar-refractivity contribution in [3.63, 3.8) is 0 Å². The molecule has 1 aliphatic rings. The first-order chi connectivity index (χ1) is 9.60. The van der Waals surface area contributed by atoms with Gasteiger partial charge in [0.1, 0.15) is 5.82 Å². The minimum absolute atomic E-state index is 0.260. The lowest BCUT2D eigenvalue weighted by molar-refractivity contribution is 0.620. The minimum atomic E-state index is -0.413. The standard InChI is InChI=1S/C17H15FN2/c1-17(2)15(12-8-4-3-5-9-12)19-20-16(17)13-10-6-7-11-14(13)18/h3-11H,1-2H3. The Bertz CT molecular complexity index is 700. The monoisotopic (exact) mass is 266 g/mol. The van der Waals surface area contributed by atoms with E-state index in [1.807, 2.05) is 50.2 Å². The van der Waals surface area contributed by atoms with Crippen molar-refractivity contribution in [3.8, 4) is 0 Å². The Morgan fingerprint density at radius 1 is 0.800 bits per heavy atom. The van der Waals surface area contributed by atoms with Crippen LogP contribution in [0.4, 0.5) is 4.39 Å². The van der Waals surface area contributed by atoms with E-state index in [9.17, 15) is 4.39 Å². The predicted octanol–water partition coefficient (Wildman–Crippen LogP) is 4.06. The molecule has 0 aliphatic carbocycles. The molecule has 0 N–H and O–H groups in total. The number of hydrogen-bond donors (Lipinski definition) is 0. The van der Waals surface area contributed by atoms with Crippen molar-refractivity contribution < 1.29 is 4.39 Å². The summed E-state index contributed by atoms with van der Waals surface area (Å²) in [6, 6.07) is 16.6. The Morgan fingerprint density at radius 3 is 2.10 bits per heavy atom. The van der Waals surface area contributed by atoms with Crippen molar-refractivity contribution >= 4 is 11.4 Å². The average Bonchev–Trinajstić information content (AvgIpc) is 2.76. The number of benzene rings is 2. The highest BCUT2D eigenvalue weighted by molar-refractivity contribution is 6.25. The van der Waals surface area contributed by atoms with Gasteiger partial charge in [-0.25, -0.2) is 4.39 Å². The second-order valence-corrected chi connectivity index (χ2v) is 5.37. The molecular weight excluding hydrogens is 251 g/mol. The summed E-state index contributed by atoms with van der Waals surface area (Å²) in [4.78, 5) is 0. The van der Waals surface area contributed by atoms with Gasteiger partial charge in [0.05, 0.1) is 16.8 Å². The third kappa shape index (κ3) is 1.95. The molecule has 2 aromatic rings. The van der Waals surface area contributed by atoms with Gasteiger partial charge in [0.15, 0.2) is 0 Å².